The van der Waals surface area contributed by atoms with E-state index in [2.05, 4.69) is 11.9 Å². The second-order valence-corrected chi connectivity index (χ2v) is 9.44. The van der Waals surface area contributed by atoms with Gasteiger partial charge in [-0.15, -0.1) is 6.58 Å². The Hall–Kier alpha value is -3.56. The molecule has 0 atom stereocenters. The van der Waals surface area contributed by atoms with Crippen molar-refractivity contribution in [1.82, 2.24) is 14.2 Å². The molecule has 1 N–H and O–H groups in total. The zero-order valence-electron chi connectivity index (χ0n) is 17.1. The van der Waals surface area contributed by atoms with Gasteiger partial charge in [-0.25, -0.2) is 12.4 Å². The maximum Gasteiger partial charge on any atom is 0.268 e. The van der Waals surface area contributed by atoms with E-state index in [1.807, 2.05) is 6.92 Å². The summed E-state index contributed by atoms with van der Waals surface area (Å²) in [6.45, 7) is 5.61. The van der Waals surface area contributed by atoms with Crippen molar-refractivity contribution in [3.05, 3.63) is 84.1 Å². The molecule has 0 bridgehead atoms. The summed E-state index contributed by atoms with van der Waals surface area (Å²) in [6, 6.07) is 13.4. The molecule has 0 aliphatic carbocycles. The largest absolute Gasteiger partial charge is 0.298 e. The summed E-state index contributed by atoms with van der Waals surface area (Å²) in [6.07, 6.45) is 4.30. The number of rotatable bonds is 5. The summed E-state index contributed by atoms with van der Waals surface area (Å²) in [5, 5.41) is 3.07. The van der Waals surface area contributed by atoms with Crippen LogP contribution in [-0.2, 0) is 19.6 Å². The lowest BCUT2D eigenvalue weighted by Crippen LogP contribution is -2.53. The van der Waals surface area contributed by atoms with Crippen LogP contribution in [0.25, 0.3) is 17.0 Å². The van der Waals surface area contributed by atoms with Crippen LogP contribution in [0.5, 0.6) is 0 Å². The SMILES string of the molecule is C=CCN1C(=O)C(=Cc2cn(S(=O)(=O)c3ccc(C)cc3)c3ccccc23)C(=O)NC1=S. The summed E-state index contributed by atoms with van der Waals surface area (Å²) in [5.74, 6) is -1.21. The predicted molar refractivity (Wildman–Crippen MR) is 126 cm³/mol. The van der Waals surface area contributed by atoms with Gasteiger partial charge < -0.3 is 0 Å². The van der Waals surface area contributed by atoms with E-state index in [0.717, 1.165) is 9.54 Å². The maximum atomic E-state index is 13.3. The van der Waals surface area contributed by atoms with Gasteiger partial charge in [0.2, 0.25) is 0 Å². The Balaban J connectivity index is 1.88. The van der Waals surface area contributed by atoms with Gasteiger partial charge >= 0.3 is 0 Å². The summed E-state index contributed by atoms with van der Waals surface area (Å²) < 4.78 is 27.8. The minimum absolute atomic E-state index is 0.00132. The average Bonchev–Trinajstić information content (AvgIpc) is 3.14. The third kappa shape index (κ3) is 3.65. The topological polar surface area (TPSA) is 88.5 Å². The molecule has 1 saturated heterocycles. The molecule has 3 aromatic rings. The lowest BCUT2D eigenvalue weighted by atomic mass is 10.1. The zero-order chi connectivity index (χ0) is 23.0. The molecule has 2 amide bonds. The number of carbonyl (C=O) groups excluding carboxylic acids is 2. The Morgan fingerprint density at radius 3 is 2.47 bits per heavy atom. The van der Waals surface area contributed by atoms with Gasteiger partial charge in [-0.05, 0) is 43.4 Å². The molecule has 162 valence electrons. The molecule has 0 unspecified atom stereocenters. The van der Waals surface area contributed by atoms with Crippen molar-refractivity contribution in [3.63, 3.8) is 0 Å². The van der Waals surface area contributed by atoms with Gasteiger partial charge in [-0.3, -0.25) is 19.8 Å². The number of hydrogen-bond donors (Lipinski definition) is 1. The number of fused-ring (bicyclic) bond motifs is 1. The summed E-state index contributed by atoms with van der Waals surface area (Å²) in [4.78, 5) is 26.7. The molecule has 0 radical (unpaired) electrons. The van der Waals surface area contributed by atoms with Gasteiger partial charge in [-0.1, -0.05) is 42.0 Å². The fraction of sp³-hybridized carbons (Fsp3) is 0.0870. The van der Waals surface area contributed by atoms with E-state index in [4.69, 9.17) is 12.2 Å². The lowest BCUT2D eigenvalue weighted by Gasteiger charge is -2.27. The minimum atomic E-state index is -3.90. The first-order valence-corrected chi connectivity index (χ1v) is 11.5. The third-order valence-electron chi connectivity index (χ3n) is 5.08. The molecule has 0 saturated carbocycles. The van der Waals surface area contributed by atoms with Crippen LogP contribution in [0.15, 0.2) is 77.9 Å². The summed E-state index contributed by atoms with van der Waals surface area (Å²) in [5.41, 5.74) is 1.65. The van der Waals surface area contributed by atoms with Crippen molar-refractivity contribution in [2.75, 3.05) is 6.54 Å². The molecular weight excluding hydrogens is 446 g/mol. The van der Waals surface area contributed by atoms with Crippen LogP contribution in [0.2, 0.25) is 0 Å². The number of carbonyl (C=O) groups is 2. The van der Waals surface area contributed by atoms with Crippen molar-refractivity contribution in [1.29, 1.82) is 0 Å². The van der Waals surface area contributed by atoms with Crippen molar-refractivity contribution in [2.24, 2.45) is 0 Å². The second-order valence-electron chi connectivity index (χ2n) is 7.24. The van der Waals surface area contributed by atoms with Gasteiger partial charge in [0.25, 0.3) is 21.8 Å². The average molecular weight is 466 g/mol. The van der Waals surface area contributed by atoms with Gasteiger partial charge in [0.05, 0.1) is 10.4 Å². The molecule has 4 rings (SSSR count). The lowest BCUT2D eigenvalue weighted by molar-refractivity contribution is -0.128. The highest BCUT2D eigenvalue weighted by molar-refractivity contribution is 7.90. The van der Waals surface area contributed by atoms with E-state index in [9.17, 15) is 18.0 Å². The summed E-state index contributed by atoms with van der Waals surface area (Å²) in [7, 11) is -3.90. The van der Waals surface area contributed by atoms with E-state index in [1.54, 1.807) is 48.5 Å². The predicted octanol–water partition coefficient (Wildman–Crippen LogP) is 3.00. The van der Waals surface area contributed by atoms with Crippen LogP contribution < -0.4 is 5.32 Å². The Bertz CT molecular complexity index is 1420. The number of hydrogen-bond acceptors (Lipinski definition) is 5. The van der Waals surface area contributed by atoms with Gasteiger partial charge in [0, 0.05) is 23.7 Å². The normalized spacial score (nSPS) is 16.0. The first-order valence-electron chi connectivity index (χ1n) is 9.66. The molecule has 2 heterocycles. The van der Waals surface area contributed by atoms with Crippen LogP contribution in [0.1, 0.15) is 11.1 Å². The third-order valence-corrected chi connectivity index (χ3v) is 7.09. The molecule has 32 heavy (non-hydrogen) atoms. The Labute approximate surface area is 190 Å². The van der Waals surface area contributed by atoms with Crippen molar-refractivity contribution < 1.29 is 18.0 Å². The van der Waals surface area contributed by atoms with E-state index in [0.29, 0.717) is 16.5 Å². The highest BCUT2D eigenvalue weighted by atomic mass is 32.2. The van der Waals surface area contributed by atoms with Gasteiger partial charge in [0.1, 0.15) is 5.57 Å². The first kappa shape index (κ1) is 21.7. The molecular formula is C23H19N3O4S2. The number of thiocarbonyl (C=S) groups is 1. The molecule has 2 aromatic carbocycles. The van der Waals surface area contributed by atoms with Crippen LogP contribution in [0, 0.1) is 6.92 Å². The number of benzene rings is 2. The highest BCUT2D eigenvalue weighted by Crippen LogP contribution is 2.28. The number of nitrogens with one attached hydrogen (secondary N) is 1. The van der Waals surface area contributed by atoms with Crippen LogP contribution in [0.3, 0.4) is 0 Å². The van der Waals surface area contributed by atoms with Crippen molar-refractivity contribution >= 4 is 56.1 Å². The van der Waals surface area contributed by atoms with Crippen molar-refractivity contribution in [3.8, 4) is 0 Å². The molecule has 0 spiro atoms. The smallest absolute Gasteiger partial charge is 0.268 e. The highest BCUT2D eigenvalue weighted by Gasteiger charge is 2.33. The minimum Gasteiger partial charge on any atom is -0.298 e. The van der Waals surface area contributed by atoms with Gasteiger partial charge in [0.15, 0.2) is 5.11 Å². The zero-order valence-corrected chi connectivity index (χ0v) is 18.7. The van der Waals surface area contributed by atoms with E-state index in [-0.39, 0.29) is 22.1 Å². The van der Waals surface area contributed by atoms with E-state index >= 15 is 0 Å². The Kier molecular flexibility index (Phi) is 5.53. The van der Waals surface area contributed by atoms with E-state index in [1.165, 1.54) is 23.2 Å². The maximum absolute atomic E-state index is 13.3. The van der Waals surface area contributed by atoms with Crippen molar-refractivity contribution in [2.45, 2.75) is 11.8 Å². The number of nitrogens with zero attached hydrogens (tertiary/aromatic N) is 2. The number of aryl methyl sites for hydroxylation is 1. The molecule has 1 aromatic heterocycles. The fourth-order valence-electron chi connectivity index (χ4n) is 3.46. The molecule has 1 aliphatic heterocycles. The second kappa shape index (κ2) is 8.18. The fourth-order valence-corrected chi connectivity index (χ4v) is 5.09. The van der Waals surface area contributed by atoms with Crippen LogP contribution in [-0.4, -0.2) is 40.8 Å². The molecule has 1 fully saturated rings. The Morgan fingerprint density at radius 2 is 1.78 bits per heavy atom. The first-order chi connectivity index (χ1) is 15.2. The summed E-state index contributed by atoms with van der Waals surface area (Å²) >= 11 is 5.07. The number of amides is 2. The monoisotopic (exact) mass is 465 g/mol. The number of para-hydroxylation sites is 1. The van der Waals surface area contributed by atoms with E-state index < -0.39 is 21.8 Å². The number of aromatic nitrogens is 1. The van der Waals surface area contributed by atoms with Gasteiger partial charge in [-0.2, -0.15) is 0 Å². The molecule has 7 nitrogen and oxygen atoms in total. The molecule has 9 heteroatoms. The molecule has 1 aliphatic rings. The van der Waals surface area contributed by atoms with Crippen LogP contribution in [0.4, 0.5) is 0 Å². The quantitative estimate of drug-likeness (QED) is 0.271. The standard InChI is InChI=1S/C23H19N3O4S2/c1-3-12-25-22(28)19(21(27)24-23(25)31)13-16-14-26(20-7-5-4-6-18(16)20)32(29,30)17-10-8-15(2)9-11-17/h3-11,13-14H,1,12H2,2H3,(H,24,27,31). The van der Waals surface area contributed by atoms with Crippen LogP contribution >= 0.6 is 12.2 Å². The Morgan fingerprint density at radius 1 is 1.09 bits per heavy atom.